The number of phenolic OH excluding ortho intramolecular Hbond substituents is 2. The smallest absolute Gasteiger partial charge is 0.315 e. The molecular formula is C56H78N6O12. The van der Waals surface area contributed by atoms with Crippen LogP contribution >= 0.6 is 0 Å². The summed E-state index contributed by atoms with van der Waals surface area (Å²) in [5, 5.41) is 39.6. The van der Waals surface area contributed by atoms with Gasteiger partial charge in [-0.05, 0) is 64.0 Å². The van der Waals surface area contributed by atoms with Crippen molar-refractivity contribution < 1.29 is 58.2 Å². The van der Waals surface area contributed by atoms with Gasteiger partial charge in [-0.3, -0.25) is 29.2 Å². The number of carbonyl (C=O) groups is 4. The van der Waals surface area contributed by atoms with Crippen LogP contribution < -0.4 is 20.8 Å². The van der Waals surface area contributed by atoms with Gasteiger partial charge in [0, 0.05) is 101 Å². The van der Waals surface area contributed by atoms with Crippen LogP contribution in [-0.4, -0.2) is 156 Å². The summed E-state index contributed by atoms with van der Waals surface area (Å²) >= 11 is 0. The Morgan fingerprint density at radius 1 is 0.932 bits per heavy atom. The fourth-order valence-corrected chi connectivity index (χ4v) is 11.9. The molecule has 7 aliphatic heterocycles. The maximum Gasteiger partial charge on any atom is 0.315 e. The molecule has 5 unspecified atom stereocenters. The van der Waals surface area contributed by atoms with Gasteiger partial charge in [-0.1, -0.05) is 59.8 Å². The maximum atomic E-state index is 15.0. The number of phenols is 2. The van der Waals surface area contributed by atoms with E-state index in [9.17, 15) is 34.5 Å². The molecule has 0 radical (unpaired) electrons. The summed E-state index contributed by atoms with van der Waals surface area (Å²) in [6.45, 7) is 21.7. The number of benzene rings is 2. The van der Waals surface area contributed by atoms with Crippen molar-refractivity contribution in [3.05, 3.63) is 58.0 Å². The molecule has 3 fully saturated rings. The van der Waals surface area contributed by atoms with Crippen molar-refractivity contribution in [1.29, 1.82) is 0 Å². The molecule has 404 valence electrons. The highest BCUT2D eigenvalue weighted by Crippen LogP contribution is 2.50. The van der Waals surface area contributed by atoms with Gasteiger partial charge in [0.25, 0.3) is 11.7 Å². The van der Waals surface area contributed by atoms with Gasteiger partial charge in [0.2, 0.25) is 5.91 Å². The van der Waals surface area contributed by atoms with E-state index in [1.165, 1.54) is 20.3 Å². The molecule has 18 heteroatoms. The first-order valence-corrected chi connectivity index (χ1v) is 26.5. The van der Waals surface area contributed by atoms with Crippen molar-refractivity contribution in [2.75, 3.05) is 71.9 Å². The number of carbonyl (C=O) groups excluding carboxylic acids is 4. The minimum absolute atomic E-state index is 0.0300. The average molecular weight is 1030 g/mol. The van der Waals surface area contributed by atoms with Crippen LogP contribution in [0.25, 0.3) is 10.8 Å². The second-order valence-corrected chi connectivity index (χ2v) is 22.6. The molecule has 8 atom stereocenters. The van der Waals surface area contributed by atoms with E-state index in [0.29, 0.717) is 63.5 Å². The molecule has 2 amide bonds. The molecule has 7 heterocycles. The monoisotopic (exact) mass is 1030 g/mol. The number of morpholine rings is 1. The van der Waals surface area contributed by atoms with Crippen molar-refractivity contribution in [3.8, 4) is 17.2 Å². The molecule has 18 nitrogen and oxygen atoms in total. The number of ketones is 1. The first-order chi connectivity index (χ1) is 35.0. The number of rotatable bonds is 6. The van der Waals surface area contributed by atoms with Crippen LogP contribution in [0.1, 0.15) is 110 Å². The predicted molar refractivity (Wildman–Crippen MR) is 277 cm³/mol. The lowest BCUT2D eigenvalue weighted by Crippen LogP contribution is -2.57. The number of allylic oxidation sites excluding steroid dienone is 3. The largest absolute Gasteiger partial charge is 0.507 e. The number of aliphatic hydroxyl groups is 1. The molecule has 2 aromatic carbocycles. The Bertz CT molecular complexity index is 2740. The summed E-state index contributed by atoms with van der Waals surface area (Å²) < 4.78 is 31.1. The maximum absolute atomic E-state index is 15.0. The Hall–Kier alpha value is -5.40. The Labute approximate surface area is 434 Å². The Morgan fingerprint density at radius 2 is 1.62 bits per heavy atom. The molecule has 74 heavy (non-hydrogen) atoms. The minimum Gasteiger partial charge on any atom is -0.507 e. The van der Waals surface area contributed by atoms with E-state index < -0.39 is 77.0 Å². The van der Waals surface area contributed by atoms with Crippen LogP contribution in [0.3, 0.4) is 0 Å². The average Bonchev–Trinajstić information content (AvgIpc) is 3.86. The third kappa shape index (κ3) is 10.8. The van der Waals surface area contributed by atoms with Gasteiger partial charge >= 0.3 is 11.8 Å². The molecule has 4 N–H and O–H groups in total. The standard InChI is InChI=1S/C56H78N6O12/c1-31(2)29-61-22-18-56(19-23-61)58-44-41-42-48(66)37(8)51-43(41)52(68)54(9,74-51)71-25-15-38(70-11)35(6)50(73-40(64)28-39(63)62-24-26-72-55(30-62)16-20-60(10)21-17-55)36(7)47(65)34(5)27-32(3)13-12-14-33(4)53(69)57-46(49(42)67)45(44)59-56/h12-15,25,31-32,34-36,38,47,50,65-67H,16-24,26-30H2,1-11H3,(H,57,69)/b13-12+,25-15+,33-14-/t32?,34-,35-,36-,38?,47?,50?,54?/m1/s1. The molecular weight excluding hydrogens is 949 g/mol. The zero-order valence-corrected chi connectivity index (χ0v) is 45.2. The van der Waals surface area contributed by atoms with Gasteiger partial charge in [0.1, 0.15) is 35.1 Å². The van der Waals surface area contributed by atoms with Crippen LogP contribution in [0.2, 0.25) is 0 Å². The van der Waals surface area contributed by atoms with Crippen LogP contribution in [0, 0.1) is 36.5 Å². The number of esters is 1. The topological polar surface area (TPSA) is 222 Å². The van der Waals surface area contributed by atoms with E-state index in [1.54, 1.807) is 37.0 Å². The van der Waals surface area contributed by atoms with E-state index in [1.807, 2.05) is 33.8 Å². The number of aliphatic hydroxyl groups excluding tert-OH is 1. The van der Waals surface area contributed by atoms with Crippen LogP contribution in [0.4, 0.5) is 5.69 Å². The first-order valence-electron chi connectivity index (χ1n) is 26.5. The zero-order valence-electron chi connectivity index (χ0n) is 45.2. The lowest BCUT2D eigenvalue weighted by Gasteiger charge is -2.46. The van der Waals surface area contributed by atoms with E-state index in [4.69, 9.17) is 33.7 Å². The number of fused-ring (bicyclic) bond motifs is 13. The van der Waals surface area contributed by atoms with Crippen molar-refractivity contribution in [2.45, 2.75) is 136 Å². The molecule has 0 aliphatic carbocycles. The number of anilines is 1. The number of amides is 2. The number of ether oxygens (including phenoxy) is 5. The number of hydrogen-bond donors (Lipinski definition) is 4. The minimum atomic E-state index is -1.99. The van der Waals surface area contributed by atoms with Crippen molar-refractivity contribution >= 4 is 40.0 Å². The van der Waals surface area contributed by atoms with Gasteiger partial charge < -0.3 is 59.0 Å². The third-order valence-corrected chi connectivity index (χ3v) is 16.4. The quantitative estimate of drug-likeness (QED) is 0.160. The lowest BCUT2D eigenvalue weighted by molar-refractivity contribution is -0.170. The van der Waals surface area contributed by atoms with Crippen molar-refractivity contribution in [3.63, 3.8) is 0 Å². The molecule has 2 aromatic rings. The lowest BCUT2D eigenvalue weighted by atomic mass is 9.79. The second kappa shape index (κ2) is 21.7. The van der Waals surface area contributed by atoms with Crippen LogP contribution in [0.5, 0.6) is 17.2 Å². The van der Waals surface area contributed by atoms with E-state index in [2.05, 4.69) is 36.0 Å². The third-order valence-electron chi connectivity index (χ3n) is 16.4. The van der Waals surface area contributed by atoms with Gasteiger partial charge in [0.05, 0.1) is 47.0 Å². The number of hydrogen-bond acceptors (Lipinski definition) is 16. The zero-order chi connectivity index (χ0) is 53.6. The Morgan fingerprint density at radius 3 is 2.30 bits per heavy atom. The molecule has 0 aromatic heterocycles. The molecule has 3 saturated heterocycles. The van der Waals surface area contributed by atoms with Gasteiger partial charge in [-0.15, -0.1) is 0 Å². The highest BCUT2D eigenvalue weighted by Gasteiger charge is 2.50. The summed E-state index contributed by atoms with van der Waals surface area (Å²) in [4.78, 5) is 73.5. The fourth-order valence-electron chi connectivity index (χ4n) is 11.9. The number of Topliss-reactive ketones (excluding diaryl/α,β-unsaturated/α-hetero) is 1. The molecule has 2 spiro atoms. The van der Waals surface area contributed by atoms with E-state index >= 15 is 0 Å². The first kappa shape index (κ1) is 54.8. The summed E-state index contributed by atoms with van der Waals surface area (Å²) in [6.07, 6.45) is 8.17. The number of piperidine rings is 2. The van der Waals surface area contributed by atoms with Crippen molar-refractivity contribution in [1.82, 2.24) is 14.7 Å². The Balaban J connectivity index is 1.15. The second-order valence-electron chi connectivity index (χ2n) is 22.6. The number of methoxy groups -OCH3 is 1. The molecule has 7 aliphatic rings. The van der Waals surface area contributed by atoms with Crippen LogP contribution in [-0.2, 0) is 33.3 Å². The number of aromatic hydroxyl groups is 2. The number of likely N-dealkylation sites (tertiary alicyclic amines) is 2. The predicted octanol–water partition coefficient (Wildman–Crippen LogP) is 5.47. The van der Waals surface area contributed by atoms with Gasteiger partial charge in [0.15, 0.2) is 11.4 Å². The van der Waals surface area contributed by atoms with E-state index in [0.717, 1.165) is 32.5 Å². The highest BCUT2D eigenvalue weighted by atomic mass is 16.7. The summed E-state index contributed by atoms with van der Waals surface area (Å²) in [7, 11) is 3.55. The highest BCUT2D eigenvalue weighted by molar-refractivity contribution is 6.19. The van der Waals surface area contributed by atoms with Gasteiger partial charge in [-0.2, -0.15) is 0 Å². The normalized spacial score (nSPS) is 31.3. The Kier molecular flexibility index (Phi) is 16.1. The SMILES string of the molecule is COC1/C=C/OC2(C)Oc3c(C)c(O)c4c(O)c(c5c(c4c3C2=O)=NC2(CCN(CC(C)C)CC2)N=5)NC(=O)/C(C)=C\C=C\C(C)C[C@@H](C)C(O)[C@@H](C)C(OC(=O)CC(=O)N2CCOC3(CCN(C)CC3)C2)[C@@H]1C. The summed E-state index contributed by atoms with van der Waals surface area (Å²) in [5.41, 5.74) is -0.951. The van der Waals surface area contributed by atoms with Crippen molar-refractivity contribution in [2.24, 2.45) is 39.6 Å². The summed E-state index contributed by atoms with van der Waals surface area (Å²) in [6, 6.07) is 0. The molecule has 9 rings (SSSR count). The number of nitrogens with one attached hydrogen (secondary N) is 1. The summed E-state index contributed by atoms with van der Waals surface area (Å²) in [5.74, 6) is -6.23. The number of nitrogens with zero attached hydrogens (tertiary/aromatic N) is 5. The van der Waals surface area contributed by atoms with E-state index in [-0.39, 0.29) is 67.5 Å². The van der Waals surface area contributed by atoms with Gasteiger partial charge in [-0.25, -0.2) is 0 Å². The van der Waals surface area contributed by atoms with Crippen LogP contribution in [0.15, 0.2) is 46.1 Å². The fraction of sp³-hybridized carbons (Fsp3) is 0.643. The molecule has 5 bridgehead atoms. The molecule has 0 saturated carbocycles.